The molecule has 0 bridgehead atoms. The molecule has 4 rings (SSSR count). The molecule has 0 atom stereocenters. The predicted molar refractivity (Wildman–Crippen MR) is 113 cm³/mol. The Morgan fingerprint density at radius 2 is 1.93 bits per heavy atom. The summed E-state index contributed by atoms with van der Waals surface area (Å²) in [6.45, 7) is 4.66. The highest BCUT2D eigenvalue weighted by Gasteiger charge is 2.14. The minimum Gasteiger partial charge on any atom is -0.494 e. The van der Waals surface area contributed by atoms with Gasteiger partial charge < -0.3 is 10.1 Å². The van der Waals surface area contributed by atoms with Crippen molar-refractivity contribution in [2.24, 2.45) is 0 Å². The lowest BCUT2D eigenvalue weighted by molar-refractivity contribution is 0.340. The zero-order valence-electron chi connectivity index (χ0n) is 15.0. The van der Waals surface area contributed by atoms with Crippen LogP contribution in [-0.4, -0.2) is 16.6 Å². The van der Waals surface area contributed by atoms with Crippen molar-refractivity contribution < 1.29 is 4.74 Å². The number of thiophene rings is 1. The van der Waals surface area contributed by atoms with Crippen LogP contribution in [0.5, 0.6) is 5.75 Å². The molecule has 0 aliphatic rings. The van der Waals surface area contributed by atoms with Crippen LogP contribution in [0.15, 0.2) is 54.2 Å². The highest BCUT2D eigenvalue weighted by atomic mass is 35.5. The van der Waals surface area contributed by atoms with Crippen LogP contribution in [-0.2, 0) is 0 Å². The molecule has 136 valence electrons. The van der Waals surface area contributed by atoms with Crippen molar-refractivity contribution in [3.63, 3.8) is 0 Å². The van der Waals surface area contributed by atoms with Crippen LogP contribution < -0.4 is 10.1 Å². The van der Waals surface area contributed by atoms with Gasteiger partial charge in [-0.1, -0.05) is 23.7 Å². The summed E-state index contributed by atoms with van der Waals surface area (Å²) in [5.74, 6) is 1.66. The third-order valence-electron chi connectivity index (χ3n) is 4.29. The van der Waals surface area contributed by atoms with E-state index < -0.39 is 0 Å². The summed E-state index contributed by atoms with van der Waals surface area (Å²) in [5, 5.41) is 7.30. The maximum Gasteiger partial charge on any atom is 0.143 e. The lowest BCUT2D eigenvalue weighted by atomic mass is 10.1. The molecule has 0 fully saturated rings. The number of halogens is 1. The molecule has 0 saturated heterocycles. The summed E-state index contributed by atoms with van der Waals surface area (Å²) in [7, 11) is 0. The standard InChI is InChI=1S/C21H18ClN3OS/c1-3-26-16-7-4-14(5-8-16)17-11-27-21-19(17)20(23-12-24-21)25-18-9-6-15(22)10-13(18)2/h4-12H,3H2,1-2H3,(H,23,24,25). The maximum atomic E-state index is 6.08. The smallest absolute Gasteiger partial charge is 0.143 e. The van der Waals surface area contributed by atoms with E-state index in [4.69, 9.17) is 16.3 Å². The van der Waals surface area contributed by atoms with E-state index in [0.29, 0.717) is 6.61 Å². The van der Waals surface area contributed by atoms with Crippen LogP contribution in [0, 0.1) is 6.92 Å². The number of aromatic nitrogens is 2. The van der Waals surface area contributed by atoms with E-state index in [0.717, 1.165) is 49.2 Å². The summed E-state index contributed by atoms with van der Waals surface area (Å²) in [6.07, 6.45) is 1.59. The number of hydrogen-bond acceptors (Lipinski definition) is 5. The fourth-order valence-corrected chi connectivity index (χ4v) is 4.12. The SMILES string of the molecule is CCOc1ccc(-c2csc3ncnc(Nc4ccc(Cl)cc4C)c23)cc1. The van der Waals surface area contributed by atoms with Gasteiger partial charge in [-0.2, -0.15) is 0 Å². The fraction of sp³-hybridized carbons (Fsp3) is 0.143. The van der Waals surface area contributed by atoms with Crippen LogP contribution in [0.2, 0.25) is 5.02 Å². The largest absolute Gasteiger partial charge is 0.494 e. The molecule has 6 heteroatoms. The Morgan fingerprint density at radius 1 is 1.11 bits per heavy atom. The third kappa shape index (κ3) is 3.61. The van der Waals surface area contributed by atoms with Crippen molar-refractivity contribution in [2.45, 2.75) is 13.8 Å². The molecule has 0 aliphatic carbocycles. The van der Waals surface area contributed by atoms with Crippen molar-refractivity contribution in [2.75, 3.05) is 11.9 Å². The summed E-state index contributed by atoms with van der Waals surface area (Å²) in [5.41, 5.74) is 4.25. The topological polar surface area (TPSA) is 47.0 Å². The lowest BCUT2D eigenvalue weighted by Gasteiger charge is -2.11. The van der Waals surface area contributed by atoms with Crippen LogP contribution in [0.4, 0.5) is 11.5 Å². The maximum absolute atomic E-state index is 6.08. The van der Waals surface area contributed by atoms with Crippen LogP contribution in [0.3, 0.4) is 0 Å². The Morgan fingerprint density at radius 3 is 2.67 bits per heavy atom. The first-order valence-corrected chi connectivity index (χ1v) is 9.90. The minimum atomic E-state index is 0.656. The summed E-state index contributed by atoms with van der Waals surface area (Å²) in [4.78, 5) is 9.88. The highest BCUT2D eigenvalue weighted by molar-refractivity contribution is 7.17. The van der Waals surface area contributed by atoms with Gasteiger partial charge in [-0.3, -0.25) is 0 Å². The molecule has 2 heterocycles. The molecule has 27 heavy (non-hydrogen) atoms. The van der Waals surface area contributed by atoms with Gasteiger partial charge in [-0.05, 0) is 55.3 Å². The first-order valence-electron chi connectivity index (χ1n) is 8.64. The van der Waals surface area contributed by atoms with Gasteiger partial charge in [0.05, 0.1) is 12.0 Å². The molecule has 0 unspecified atom stereocenters. The number of benzene rings is 2. The number of nitrogens with zero attached hydrogens (tertiary/aromatic N) is 2. The van der Waals surface area contributed by atoms with Crippen molar-refractivity contribution in [3.8, 4) is 16.9 Å². The number of aryl methyl sites for hydroxylation is 1. The van der Waals surface area contributed by atoms with Gasteiger partial charge in [0.25, 0.3) is 0 Å². The van der Waals surface area contributed by atoms with E-state index in [1.807, 2.05) is 44.2 Å². The molecule has 4 nitrogen and oxygen atoms in total. The number of anilines is 2. The number of fused-ring (bicyclic) bond motifs is 1. The predicted octanol–water partition coefficient (Wildman–Crippen LogP) is 6.46. The normalized spacial score (nSPS) is 10.9. The van der Waals surface area contributed by atoms with Crippen molar-refractivity contribution in [1.82, 2.24) is 9.97 Å². The lowest BCUT2D eigenvalue weighted by Crippen LogP contribution is -1.97. The van der Waals surface area contributed by atoms with E-state index in [2.05, 4.69) is 32.8 Å². The number of hydrogen-bond donors (Lipinski definition) is 1. The van der Waals surface area contributed by atoms with Gasteiger partial charge in [-0.15, -0.1) is 11.3 Å². The van der Waals surface area contributed by atoms with Gasteiger partial charge in [0.2, 0.25) is 0 Å². The molecule has 2 aromatic carbocycles. The summed E-state index contributed by atoms with van der Waals surface area (Å²) in [6, 6.07) is 13.9. The number of nitrogens with one attached hydrogen (secondary N) is 1. The summed E-state index contributed by atoms with van der Waals surface area (Å²) < 4.78 is 5.55. The zero-order chi connectivity index (χ0) is 18.8. The fourth-order valence-electron chi connectivity index (χ4n) is 2.97. The summed E-state index contributed by atoms with van der Waals surface area (Å²) >= 11 is 7.69. The molecular weight excluding hydrogens is 378 g/mol. The molecule has 1 N–H and O–H groups in total. The van der Waals surface area contributed by atoms with Gasteiger partial charge in [0.15, 0.2) is 0 Å². The van der Waals surface area contributed by atoms with E-state index in [1.165, 1.54) is 0 Å². The van der Waals surface area contributed by atoms with Gasteiger partial charge in [-0.25, -0.2) is 9.97 Å². The van der Waals surface area contributed by atoms with Crippen LogP contribution in [0.1, 0.15) is 12.5 Å². The second kappa shape index (κ2) is 7.55. The molecule has 0 amide bonds. The van der Waals surface area contributed by atoms with Gasteiger partial charge in [0, 0.05) is 21.7 Å². The Labute approximate surface area is 166 Å². The monoisotopic (exact) mass is 395 g/mol. The van der Waals surface area contributed by atoms with Crippen molar-refractivity contribution in [1.29, 1.82) is 0 Å². The Kier molecular flexibility index (Phi) is 4.97. The molecule has 0 saturated carbocycles. The third-order valence-corrected chi connectivity index (χ3v) is 5.41. The van der Waals surface area contributed by atoms with E-state index in [1.54, 1.807) is 17.7 Å². The molecule has 0 spiro atoms. The van der Waals surface area contributed by atoms with Crippen LogP contribution in [0.25, 0.3) is 21.3 Å². The van der Waals surface area contributed by atoms with Crippen molar-refractivity contribution >= 4 is 44.7 Å². The molecule has 4 aromatic rings. The van der Waals surface area contributed by atoms with Crippen molar-refractivity contribution in [3.05, 3.63) is 64.8 Å². The number of ether oxygens (including phenoxy) is 1. The number of rotatable bonds is 5. The Hall–Kier alpha value is -2.63. The average molecular weight is 396 g/mol. The van der Waals surface area contributed by atoms with Gasteiger partial charge in [0.1, 0.15) is 22.7 Å². The molecule has 0 radical (unpaired) electrons. The van der Waals surface area contributed by atoms with E-state index >= 15 is 0 Å². The van der Waals surface area contributed by atoms with Gasteiger partial charge >= 0.3 is 0 Å². The quantitative estimate of drug-likeness (QED) is 0.421. The van der Waals surface area contributed by atoms with Crippen LogP contribution >= 0.6 is 22.9 Å². The highest BCUT2D eigenvalue weighted by Crippen LogP contribution is 2.38. The van der Waals surface area contributed by atoms with E-state index in [-0.39, 0.29) is 0 Å². The molecule has 0 aliphatic heterocycles. The molecule has 2 aromatic heterocycles. The minimum absolute atomic E-state index is 0.656. The first kappa shape index (κ1) is 17.8. The first-order chi connectivity index (χ1) is 13.2. The Balaban J connectivity index is 1.77. The second-order valence-corrected chi connectivity index (χ2v) is 7.39. The molecular formula is C21H18ClN3OS. The van der Waals surface area contributed by atoms with E-state index in [9.17, 15) is 0 Å². The second-order valence-electron chi connectivity index (χ2n) is 6.09. The Bertz CT molecular complexity index is 1090. The zero-order valence-corrected chi connectivity index (χ0v) is 16.6. The average Bonchev–Trinajstić information content (AvgIpc) is 3.10.